The molecule has 1 atom stereocenters. The van der Waals surface area contributed by atoms with Crippen LogP contribution in [0.5, 0.6) is 5.75 Å². The molecule has 1 saturated heterocycles. The number of nitrogens with one attached hydrogen (secondary N) is 3. The summed E-state index contributed by atoms with van der Waals surface area (Å²) in [5.74, 6) is -0.675. The fraction of sp³-hybridized carbons (Fsp3) is 0.444. The molecular weight excluding hydrogens is 352 g/mol. The van der Waals surface area contributed by atoms with Crippen LogP contribution in [0.25, 0.3) is 0 Å². The van der Waals surface area contributed by atoms with Gasteiger partial charge >= 0.3 is 6.03 Å². The van der Waals surface area contributed by atoms with Gasteiger partial charge in [-0.2, -0.15) is 0 Å². The third-order valence-electron chi connectivity index (χ3n) is 4.79. The number of imide groups is 1. The van der Waals surface area contributed by atoms with E-state index in [0.717, 1.165) is 17.7 Å². The van der Waals surface area contributed by atoms with E-state index in [-0.39, 0.29) is 17.7 Å². The van der Waals surface area contributed by atoms with E-state index in [9.17, 15) is 19.2 Å². The summed E-state index contributed by atoms with van der Waals surface area (Å²) in [6.07, 6.45) is 1.77. The van der Waals surface area contributed by atoms with Crippen LogP contribution in [-0.4, -0.2) is 47.8 Å². The molecule has 27 heavy (non-hydrogen) atoms. The van der Waals surface area contributed by atoms with E-state index in [2.05, 4.69) is 16.0 Å². The number of carbonyl (C=O) groups excluding carboxylic acids is 4. The minimum Gasteiger partial charge on any atom is -0.495 e. The van der Waals surface area contributed by atoms with Gasteiger partial charge in [-0.05, 0) is 43.9 Å². The summed E-state index contributed by atoms with van der Waals surface area (Å²) in [6.45, 7) is 2.67. The number of anilines is 2. The van der Waals surface area contributed by atoms with Crippen LogP contribution in [0.4, 0.5) is 16.2 Å². The first-order valence-corrected chi connectivity index (χ1v) is 8.64. The third kappa shape index (κ3) is 3.71. The Labute approximate surface area is 156 Å². The van der Waals surface area contributed by atoms with E-state index in [4.69, 9.17) is 4.74 Å². The molecule has 1 aromatic rings. The molecule has 144 valence electrons. The largest absolute Gasteiger partial charge is 0.495 e. The van der Waals surface area contributed by atoms with Gasteiger partial charge in [0.05, 0.1) is 12.8 Å². The first kappa shape index (κ1) is 18.7. The van der Waals surface area contributed by atoms with Gasteiger partial charge in [0.2, 0.25) is 11.8 Å². The molecule has 3 N–H and O–H groups in total. The van der Waals surface area contributed by atoms with Gasteiger partial charge in [-0.3, -0.25) is 19.3 Å². The van der Waals surface area contributed by atoms with E-state index >= 15 is 0 Å². The average Bonchev–Trinajstić information content (AvgIpc) is 3.41. The maximum atomic E-state index is 12.6. The van der Waals surface area contributed by atoms with Crippen molar-refractivity contribution in [3.05, 3.63) is 18.2 Å². The van der Waals surface area contributed by atoms with Gasteiger partial charge in [-0.1, -0.05) is 0 Å². The Kier molecular flexibility index (Phi) is 4.77. The molecule has 2 fully saturated rings. The van der Waals surface area contributed by atoms with Gasteiger partial charge < -0.3 is 20.7 Å². The van der Waals surface area contributed by atoms with Crippen LogP contribution in [0.2, 0.25) is 0 Å². The second-order valence-corrected chi connectivity index (χ2v) is 6.94. The number of benzene rings is 1. The molecule has 1 aromatic carbocycles. The minimum atomic E-state index is -0.930. The fourth-order valence-electron chi connectivity index (χ4n) is 3.22. The van der Waals surface area contributed by atoms with Gasteiger partial charge in [0.15, 0.2) is 0 Å². The van der Waals surface area contributed by atoms with Crippen molar-refractivity contribution in [3.8, 4) is 5.75 Å². The lowest BCUT2D eigenvalue weighted by atomic mass is 9.96. The van der Waals surface area contributed by atoms with Crippen molar-refractivity contribution in [1.29, 1.82) is 0 Å². The lowest BCUT2D eigenvalue weighted by Crippen LogP contribution is -2.46. The average molecular weight is 374 g/mol. The van der Waals surface area contributed by atoms with Crippen LogP contribution < -0.4 is 20.7 Å². The Morgan fingerprint density at radius 1 is 1.30 bits per heavy atom. The maximum absolute atomic E-state index is 12.6. The van der Waals surface area contributed by atoms with Crippen LogP contribution in [0.3, 0.4) is 0 Å². The maximum Gasteiger partial charge on any atom is 0.325 e. The predicted octanol–water partition coefficient (Wildman–Crippen LogP) is 1.31. The molecule has 9 nitrogen and oxygen atoms in total. The highest BCUT2D eigenvalue weighted by Crippen LogP contribution is 2.42. The zero-order valence-corrected chi connectivity index (χ0v) is 15.4. The number of hydrogen-bond acceptors (Lipinski definition) is 5. The van der Waals surface area contributed by atoms with Gasteiger partial charge in [0.1, 0.15) is 17.8 Å². The molecule has 2 aliphatic rings. The molecule has 0 spiro atoms. The smallest absolute Gasteiger partial charge is 0.325 e. The van der Waals surface area contributed by atoms with Crippen molar-refractivity contribution in [2.75, 3.05) is 24.3 Å². The SMILES string of the molecule is COc1ccc(NC(C)=O)cc1NC(=O)CN1C(=O)N[C@](C)(C2CC2)C1=O. The van der Waals surface area contributed by atoms with Crippen LogP contribution in [0.1, 0.15) is 26.7 Å². The van der Waals surface area contributed by atoms with Crippen molar-refractivity contribution < 1.29 is 23.9 Å². The highest BCUT2D eigenvalue weighted by molar-refractivity contribution is 6.10. The summed E-state index contributed by atoms with van der Waals surface area (Å²) >= 11 is 0. The zero-order chi connectivity index (χ0) is 19.8. The summed E-state index contributed by atoms with van der Waals surface area (Å²) in [5.41, 5.74) is -0.124. The van der Waals surface area contributed by atoms with Gasteiger partial charge in [-0.15, -0.1) is 0 Å². The number of amides is 5. The fourth-order valence-corrected chi connectivity index (χ4v) is 3.22. The number of hydrogen-bond donors (Lipinski definition) is 3. The molecule has 0 unspecified atom stereocenters. The van der Waals surface area contributed by atoms with Gasteiger partial charge in [-0.25, -0.2) is 4.79 Å². The zero-order valence-electron chi connectivity index (χ0n) is 15.4. The molecule has 3 rings (SSSR count). The predicted molar refractivity (Wildman–Crippen MR) is 97.3 cm³/mol. The summed E-state index contributed by atoms with van der Waals surface area (Å²) in [6, 6.07) is 4.20. The van der Waals surface area contributed by atoms with E-state index in [1.165, 1.54) is 14.0 Å². The van der Waals surface area contributed by atoms with E-state index in [1.54, 1.807) is 25.1 Å². The first-order chi connectivity index (χ1) is 12.7. The summed E-state index contributed by atoms with van der Waals surface area (Å²) in [4.78, 5) is 49.3. The van der Waals surface area contributed by atoms with Crippen molar-refractivity contribution in [2.45, 2.75) is 32.2 Å². The van der Waals surface area contributed by atoms with Crippen molar-refractivity contribution in [2.24, 2.45) is 5.92 Å². The Bertz CT molecular complexity index is 820. The Balaban J connectivity index is 1.71. The molecule has 1 aliphatic carbocycles. The standard InChI is InChI=1S/C18H22N4O5/c1-10(23)19-12-6-7-14(27-3)13(8-12)20-15(24)9-22-16(25)18(2,11-4-5-11)21-17(22)26/h6-8,11H,4-5,9H2,1-3H3,(H,19,23)(H,20,24)(H,21,26)/t18-/m1/s1. The molecule has 0 bridgehead atoms. The topological polar surface area (TPSA) is 117 Å². The van der Waals surface area contributed by atoms with Crippen molar-refractivity contribution >= 4 is 35.1 Å². The van der Waals surface area contributed by atoms with Crippen LogP contribution in [-0.2, 0) is 14.4 Å². The van der Waals surface area contributed by atoms with E-state index in [0.29, 0.717) is 17.1 Å². The molecule has 1 saturated carbocycles. The Hall–Kier alpha value is -3.10. The van der Waals surface area contributed by atoms with E-state index < -0.39 is 24.0 Å². The lowest BCUT2D eigenvalue weighted by molar-refractivity contribution is -0.134. The molecular formula is C18H22N4O5. The number of urea groups is 1. The monoisotopic (exact) mass is 374 g/mol. The molecule has 1 aliphatic heterocycles. The summed E-state index contributed by atoms with van der Waals surface area (Å²) in [7, 11) is 1.45. The molecule has 1 heterocycles. The number of methoxy groups -OCH3 is 1. The van der Waals surface area contributed by atoms with Crippen LogP contribution in [0.15, 0.2) is 18.2 Å². The Morgan fingerprint density at radius 2 is 2.00 bits per heavy atom. The number of ether oxygens (including phenoxy) is 1. The molecule has 0 aromatic heterocycles. The number of carbonyl (C=O) groups is 4. The highest BCUT2D eigenvalue weighted by Gasteiger charge is 2.56. The van der Waals surface area contributed by atoms with Crippen LogP contribution in [0, 0.1) is 5.92 Å². The normalized spacial score (nSPS) is 21.7. The quantitative estimate of drug-likeness (QED) is 0.649. The highest BCUT2D eigenvalue weighted by atomic mass is 16.5. The van der Waals surface area contributed by atoms with Crippen molar-refractivity contribution in [3.63, 3.8) is 0 Å². The first-order valence-electron chi connectivity index (χ1n) is 8.64. The Morgan fingerprint density at radius 3 is 2.59 bits per heavy atom. The lowest BCUT2D eigenvalue weighted by Gasteiger charge is -2.21. The van der Waals surface area contributed by atoms with Crippen molar-refractivity contribution in [1.82, 2.24) is 10.2 Å². The summed E-state index contributed by atoms with van der Waals surface area (Å²) in [5, 5.41) is 7.94. The number of nitrogens with zero attached hydrogens (tertiary/aromatic N) is 1. The van der Waals surface area contributed by atoms with E-state index in [1.807, 2.05) is 0 Å². The van der Waals surface area contributed by atoms with Crippen LogP contribution >= 0.6 is 0 Å². The third-order valence-corrected chi connectivity index (χ3v) is 4.79. The number of rotatable bonds is 6. The minimum absolute atomic E-state index is 0.122. The molecule has 0 radical (unpaired) electrons. The molecule has 9 heteroatoms. The summed E-state index contributed by atoms with van der Waals surface area (Å²) < 4.78 is 5.20. The van der Waals surface area contributed by atoms with Gasteiger partial charge in [0.25, 0.3) is 5.91 Å². The van der Waals surface area contributed by atoms with Gasteiger partial charge in [0, 0.05) is 12.6 Å². The second-order valence-electron chi connectivity index (χ2n) is 6.94. The molecule has 5 amide bonds. The second kappa shape index (κ2) is 6.90.